The molecular formula is C40H24N4O. The maximum atomic E-state index is 9.76. The van der Waals surface area contributed by atoms with Crippen molar-refractivity contribution >= 4 is 65.7 Å². The van der Waals surface area contributed by atoms with E-state index in [9.17, 15) is 8.22 Å². The van der Waals surface area contributed by atoms with Crippen LogP contribution in [0.3, 0.4) is 0 Å². The Bertz CT molecular complexity index is 3830. The van der Waals surface area contributed by atoms with Gasteiger partial charge in [0.15, 0.2) is 11.4 Å². The minimum Gasteiger partial charge on any atom is -0.450 e. The molecule has 5 nitrogen and oxygen atoms in total. The second-order valence-corrected chi connectivity index (χ2v) is 10.0. The number of furan rings is 1. The molecule has 45 heavy (non-hydrogen) atoms. The Balaban J connectivity index is 1.41. The van der Waals surface area contributed by atoms with Crippen LogP contribution in [-0.4, -0.2) is 19.1 Å². The molecule has 0 unspecified atom stereocenters. The highest BCUT2D eigenvalue weighted by molar-refractivity contribution is 6.13. The van der Waals surface area contributed by atoms with E-state index in [1.165, 1.54) is 10.9 Å². The average molecular weight is 596 g/mol. The normalized spacial score (nSPS) is 17.9. The quantitative estimate of drug-likeness (QED) is 0.204. The largest absolute Gasteiger partial charge is 0.450 e. The average Bonchev–Trinajstić information content (AvgIpc) is 3.96. The predicted octanol–water partition coefficient (Wildman–Crippen LogP) is 10.2. The number of hydrogen-bond acceptors (Lipinski definition) is 3. The van der Waals surface area contributed by atoms with Gasteiger partial charge in [-0.3, -0.25) is 4.57 Å². The van der Waals surface area contributed by atoms with Crippen LogP contribution in [0.4, 0.5) is 0 Å². The van der Waals surface area contributed by atoms with Gasteiger partial charge in [-0.15, -0.1) is 0 Å². The van der Waals surface area contributed by atoms with Crippen LogP contribution in [0, 0.1) is 0 Å². The monoisotopic (exact) mass is 595 g/mol. The Morgan fingerprint density at radius 2 is 1.13 bits per heavy atom. The molecule has 0 saturated heterocycles. The van der Waals surface area contributed by atoms with Gasteiger partial charge in [-0.05, 0) is 71.6 Å². The summed E-state index contributed by atoms with van der Waals surface area (Å²) in [5.41, 5.74) is -2.71. The van der Waals surface area contributed by atoms with Gasteiger partial charge in [0.25, 0.3) is 0 Å². The van der Waals surface area contributed by atoms with Gasteiger partial charge < -0.3 is 8.98 Å². The molecule has 0 amide bonds. The van der Waals surface area contributed by atoms with Gasteiger partial charge in [-0.1, -0.05) is 78.6 Å². The maximum absolute atomic E-state index is 9.76. The highest BCUT2D eigenvalue weighted by Gasteiger charge is 2.20. The molecular weight excluding hydrogens is 552 g/mol. The van der Waals surface area contributed by atoms with Crippen LogP contribution >= 0.6 is 0 Å². The molecule has 0 atom stereocenters. The summed E-state index contributed by atoms with van der Waals surface area (Å²) in [6.45, 7) is 0. The fourth-order valence-corrected chi connectivity index (χ4v) is 5.74. The van der Waals surface area contributed by atoms with Gasteiger partial charge in [-0.25, -0.2) is 9.97 Å². The predicted molar refractivity (Wildman–Crippen MR) is 183 cm³/mol. The summed E-state index contributed by atoms with van der Waals surface area (Å²) in [6, 6.07) is -7.64. The second-order valence-electron chi connectivity index (χ2n) is 10.0. The fourth-order valence-electron chi connectivity index (χ4n) is 5.74. The van der Waals surface area contributed by atoms with E-state index in [0.717, 1.165) is 4.57 Å². The summed E-state index contributed by atoms with van der Waals surface area (Å²) < 4.78 is 178. The zero-order valence-corrected chi connectivity index (χ0v) is 22.6. The van der Waals surface area contributed by atoms with E-state index in [4.69, 9.17) is 22.2 Å². The summed E-state index contributed by atoms with van der Waals surface area (Å²) in [6.07, 6.45) is 1.18. The summed E-state index contributed by atoms with van der Waals surface area (Å²) in [5.74, 6) is -0.0990. The Morgan fingerprint density at radius 1 is 0.533 bits per heavy atom. The summed E-state index contributed by atoms with van der Waals surface area (Å²) in [5, 5.41) is -0.949. The first kappa shape index (κ1) is 12.4. The Morgan fingerprint density at radius 3 is 1.87 bits per heavy atom. The first-order chi connectivity index (χ1) is 30.3. The van der Waals surface area contributed by atoms with Crippen molar-refractivity contribution in [2.75, 3.05) is 0 Å². The lowest BCUT2D eigenvalue weighted by atomic mass is 10.0. The third-order valence-electron chi connectivity index (χ3n) is 7.63. The fraction of sp³-hybridized carbons (Fsp3) is 0. The van der Waals surface area contributed by atoms with Crippen LogP contribution in [0.2, 0.25) is 0 Å². The van der Waals surface area contributed by atoms with Gasteiger partial charge in [0.1, 0.15) is 17.4 Å². The molecule has 5 heteroatoms. The number of rotatable bonds is 3. The van der Waals surface area contributed by atoms with E-state index < -0.39 is 153 Å². The van der Waals surface area contributed by atoms with Crippen LogP contribution in [0.15, 0.2) is 150 Å². The molecule has 0 aliphatic rings. The number of nitrogens with zero attached hydrogens (tertiary/aromatic N) is 4. The summed E-state index contributed by atoms with van der Waals surface area (Å²) in [7, 11) is 0. The van der Waals surface area contributed by atoms with Crippen molar-refractivity contribution in [2.45, 2.75) is 0 Å². The number of benzene rings is 6. The van der Waals surface area contributed by atoms with Crippen molar-refractivity contribution < 1.29 is 30.5 Å². The smallest absolute Gasteiger partial charge is 0.197 e. The first-order valence-electron chi connectivity index (χ1n) is 23.0. The standard InChI is InChI=1S/C40H24N4O/c1-2-10-27(11-3-1)43-33-15-7-4-12-28(33)31-22-25(18-20-35(31)43)26-19-21-36-32(23-26)29-13-5-8-16-34(29)44(36)40-39-38(41-24-42-40)30-14-6-9-17-37(30)45-39/h1-24H/i1D,2D,3D,4D,5D,7D,8D,10D,11D,12D,13D,15D,16D,18D,19D,20D,21D,22D,23D. The van der Waals surface area contributed by atoms with E-state index in [-0.39, 0.29) is 33.2 Å². The molecule has 10 rings (SSSR count). The zero-order valence-electron chi connectivity index (χ0n) is 41.6. The topological polar surface area (TPSA) is 48.8 Å². The third-order valence-corrected chi connectivity index (χ3v) is 7.63. The molecule has 210 valence electrons. The molecule has 0 radical (unpaired) electrons. The molecule has 6 aromatic carbocycles. The molecule has 0 spiro atoms. The van der Waals surface area contributed by atoms with Crippen molar-refractivity contribution in [3.05, 3.63) is 145 Å². The number of hydrogen-bond donors (Lipinski definition) is 0. The Kier molecular flexibility index (Phi) is 2.53. The molecule has 0 saturated carbocycles. The molecule has 4 aromatic heterocycles. The lowest BCUT2D eigenvalue weighted by Crippen LogP contribution is -1.98. The van der Waals surface area contributed by atoms with Crippen molar-refractivity contribution in [1.29, 1.82) is 0 Å². The molecule has 0 bridgehead atoms. The molecule has 0 fully saturated rings. The first-order valence-corrected chi connectivity index (χ1v) is 13.5. The van der Waals surface area contributed by atoms with Crippen LogP contribution in [-0.2, 0) is 0 Å². The minimum atomic E-state index is -0.879. The highest BCUT2D eigenvalue weighted by Crippen LogP contribution is 2.39. The van der Waals surface area contributed by atoms with Crippen molar-refractivity contribution in [3.8, 4) is 22.6 Å². The third kappa shape index (κ3) is 3.43. The number of fused-ring (bicyclic) bond motifs is 9. The zero-order chi connectivity index (χ0) is 46.0. The van der Waals surface area contributed by atoms with E-state index in [1.807, 2.05) is 0 Å². The van der Waals surface area contributed by atoms with Crippen LogP contribution in [0.25, 0.3) is 88.3 Å². The molecule has 10 aromatic rings. The minimum absolute atomic E-state index is 0.0442. The van der Waals surface area contributed by atoms with Crippen molar-refractivity contribution in [1.82, 2.24) is 19.1 Å². The van der Waals surface area contributed by atoms with Gasteiger partial charge in [0, 0.05) is 32.6 Å². The van der Waals surface area contributed by atoms with Crippen molar-refractivity contribution in [2.24, 2.45) is 0 Å². The molecule has 0 aliphatic heterocycles. The van der Waals surface area contributed by atoms with Gasteiger partial charge in [-0.2, -0.15) is 0 Å². The van der Waals surface area contributed by atoms with Gasteiger partial charge in [0.2, 0.25) is 0 Å². The Hall–Kier alpha value is -6.20. The summed E-state index contributed by atoms with van der Waals surface area (Å²) >= 11 is 0. The highest BCUT2D eigenvalue weighted by atomic mass is 16.3. The lowest BCUT2D eigenvalue weighted by Gasteiger charge is -2.09. The Labute approximate surface area is 283 Å². The van der Waals surface area contributed by atoms with E-state index in [2.05, 4.69) is 9.97 Å². The summed E-state index contributed by atoms with van der Waals surface area (Å²) in [4.78, 5) is 8.80. The van der Waals surface area contributed by atoms with Gasteiger partial charge in [0.05, 0.1) is 48.1 Å². The van der Waals surface area contributed by atoms with Crippen LogP contribution in [0.1, 0.15) is 26.0 Å². The second kappa shape index (κ2) is 9.15. The molecule has 0 aliphatic carbocycles. The van der Waals surface area contributed by atoms with Crippen LogP contribution < -0.4 is 0 Å². The van der Waals surface area contributed by atoms with Gasteiger partial charge >= 0.3 is 0 Å². The van der Waals surface area contributed by atoms with E-state index >= 15 is 0 Å². The number of aromatic nitrogens is 4. The van der Waals surface area contributed by atoms with Crippen molar-refractivity contribution in [3.63, 3.8) is 0 Å². The van der Waals surface area contributed by atoms with Crippen LogP contribution in [0.5, 0.6) is 0 Å². The maximum Gasteiger partial charge on any atom is 0.197 e. The van der Waals surface area contributed by atoms with E-state index in [1.54, 1.807) is 24.3 Å². The molecule has 0 N–H and O–H groups in total. The van der Waals surface area contributed by atoms with E-state index in [0.29, 0.717) is 16.5 Å². The molecule has 4 heterocycles. The number of para-hydroxylation sites is 4. The SMILES string of the molecule is [2H]c1c([2H])c([2H])c(-n2c3c([2H])c([2H])c([2H])c([2H])c3c3c([2H])c(-c4c([2H])c([2H])c5c(c4[2H])c4c([2H])c([2H])c([2H])c([2H])c4n5-c4ncnc5c4oc4ccccc45)c([2H])c([2H])c32)c([2H])c1[2H]. The lowest BCUT2D eigenvalue weighted by molar-refractivity contribution is 0.662.